The van der Waals surface area contributed by atoms with Gasteiger partial charge >= 0.3 is 0 Å². The summed E-state index contributed by atoms with van der Waals surface area (Å²) in [5.74, 6) is 0. The van der Waals surface area contributed by atoms with Gasteiger partial charge in [-0.3, -0.25) is 4.68 Å². The van der Waals surface area contributed by atoms with Crippen LogP contribution < -0.4 is 5.32 Å². The highest BCUT2D eigenvalue weighted by atomic mass is 79.9. The zero-order valence-electron chi connectivity index (χ0n) is 11.7. The molecule has 4 heteroatoms. The standard InChI is InChI=1S/C15H20BrN3/c1-4-19-10-12(9-18-19)7-15(17-3)13-5-11(2)6-14(16)8-13/h5-6,8-10,15,17H,4,7H2,1-3H3. The second-order valence-corrected chi connectivity index (χ2v) is 5.73. The van der Waals surface area contributed by atoms with E-state index in [-0.39, 0.29) is 0 Å². The molecule has 0 aliphatic heterocycles. The van der Waals surface area contributed by atoms with E-state index in [9.17, 15) is 0 Å². The van der Waals surface area contributed by atoms with Crippen molar-refractivity contribution in [2.45, 2.75) is 32.9 Å². The fraction of sp³-hybridized carbons (Fsp3) is 0.400. The summed E-state index contributed by atoms with van der Waals surface area (Å²) in [7, 11) is 2.01. The summed E-state index contributed by atoms with van der Waals surface area (Å²) in [6, 6.07) is 6.85. The van der Waals surface area contributed by atoms with Gasteiger partial charge in [-0.15, -0.1) is 0 Å². The van der Waals surface area contributed by atoms with Crippen LogP contribution in [0.2, 0.25) is 0 Å². The Morgan fingerprint density at radius 1 is 1.37 bits per heavy atom. The maximum atomic E-state index is 4.33. The summed E-state index contributed by atoms with van der Waals surface area (Å²) in [5.41, 5.74) is 3.84. The normalized spacial score (nSPS) is 12.6. The summed E-state index contributed by atoms with van der Waals surface area (Å²) in [6.45, 7) is 5.14. The minimum atomic E-state index is 0.311. The lowest BCUT2D eigenvalue weighted by molar-refractivity contribution is 0.590. The fourth-order valence-corrected chi connectivity index (χ4v) is 2.90. The number of hydrogen-bond acceptors (Lipinski definition) is 2. The van der Waals surface area contributed by atoms with Crippen molar-refractivity contribution in [2.75, 3.05) is 7.05 Å². The van der Waals surface area contributed by atoms with Gasteiger partial charge in [-0.2, -0.15) is 5.10 Å². The molecule has 1 aromatic carbocycles. The van der Waals surface area contributed by atoms with Crippen LogP contribution >= 0.6 is 15.9 Å². The van der Waals surface area contributed by atoms with Crippen LogP contribution in [0.1, 0.15) is 29.7 Å². The van der Waals surface area contributed by atoms with Crippen molar-refractivity contribution in [3.05, 3.63) is 51.8 Å². The fourth-order valence-electron chi connectivity index (χ4n) is 2.27. The third kappa shape index (κ3) is 3.67. The quantitative estimate of drug-likeness (QED) is 0.913. The minimum absolute atomic E-state index is 0.311. The lowest BCUT2D eigenvalue weighted by atomic mass is 9.99. The Bertz CT molecular complexity index is 528. The minimum Gasteiger partial charge on any atom is -0.313 e. The van der Waals surface area contributed by atoms with E-state index >= 15 is 0 Å². The molecular weight excluding hydrogens is 302 g/mol. The van der Waals surface area contributed by atoms with Gasteiger partial charge in [-0.1, -0.05) is 22.0 Å². The molecule has 0 bridgehead atoms. The average Bonchev–Trinajstić information content (AvgIpc) is 2.82. The number of likely N-dealkylation sites (N-methyl/N-ethyl adjacent to an activating group) is 1. The van der Waals surface area contributed by atoms with Crippen molar-refractivity contribution in [2.24, 2.45) is 0 Å². The number of nitrogens with one attached hydrogen (secondary N) is 1. The van der Waals surface area contributed by atoms with E-state index in [0.29, 0.717) is 6.04 Å². The Morgan fingerprint density at radius 3 is 2.74 bits per heavy atom. The van der Waals surface area contributed by atoms with Crippen LogP contribution in [0.5, 0.6) is 0 Å². The Balaban J connectivity index is 2.19. The molecule has 0 saturated heterocycles. The summed E-state index contributed by atoms with van der Waals surface area (Å²) >= 11 is 3.57. The van der Waals surface area contributed by atoms with E-state index in [4.69, 9.17) is 0 Å². The number of halogens is 1. The summed E-state index contributed by atoms with van der Waals surface area (Å²) in [5, 5.41) is 7.72. The molecule has 1 N–H and O–H groups in total. The molecule has 0 radical (unpaired) electrons. The SMILES string of the molecule is CCn1cc(CC(NC)c2cc(C)cc(Br)c2)cn1. The highest BCUT2D eigenvalue weighted by Crippen LogP contribution is 2.23. The maximum absolute atomic E-state index is 4.33. The third-order valence-corrected chi connectivity index (χ3v) is 3.72. The number of aryl methyl sites for hydroxylation is 2. The lowest BCUT2D eigenvalue weighted by Crippen LogP contribution is -2.18. The Morgan fingerprint density at radius 2 is 2.16 bits per heavy atom. The smallest absolute Gasteiger partial charge is 0.0522 e. The number of benzene rings is 1. The second kappa shape index (κ2) is 6.35. The van der Waals surface area contributed by atoms with Crippen LogP contribution in [-0.2, 0) is 13.0 Å². The first-order valence-corrected chi connectivity index (χ1v) is 7.37. The van der Waals surface area contributed by atoms with E-state index in [1.165, 1.54) is 16.7 Å². The molecule has 0 aliphatic carbocycles. The largest absolute Gasteiger partial charge is 0.313 e. The Kier molecular flexibility index (Phi) is 4.77. The van der Waals surface area contributed by atoms with Crippen LogP contribution in [0.25, 0.3) is 0 Å². The van der Waals surface area contributed by atoms with Gasteiger partial charge in [-0.25, -0.2) is 0 Å². The number of rotatable bonds is 5. The maximum Gasteiger partial charge on any atom is 0.0522 e. The molecule has 0 spiro atoms. The van der Waals surface area contributed by atoms with Crippen LogP contribution in [-0.4, -0.2) is 16.8 Å². The monoisotopic (exact) mass is 321 g/mol. The highest BCUT2D eigenvalue weighted by Gasteiger charge is 2.12. The van der Waals surface area contributed by atoms with Gasteiger partial charge in [0, 0.05) is 23.3 Å². The molecule has 19 heavy (non-hydrogen) atoms. The topological polar surface area (TPSA) is 29.9 Å². The Hall–Kier alpha value is -1.13. The van der Waals surface area contributed by atoms with E-state index < -0.39 is 0 Å². The second-order valence-electron chi connectivity index (χ2n) is 4.81. The highest BCUT2D eigenvalue weighted by molar-refractivity contribution is 9.10. The summed E-state index contributed by atoms with van der Waals surface area (Å²) in [6.07, 6.45) is 5.03. The van der Waals surface area contributed by atoms with Gasteiger partial charge in [0.05, 0.1) is 6.20 Å². The molecule has 0 aliphatic rings. The third-order valence-electron chi connectivity index (χ3n) is 3.27. The molecule has 0 fully saturated rings. The van der Waals surface area contributed by atoms with Crippen LogP contribution in [0, 0.1) is 6.92 Å². The lowest BCUT2D eigenvalue weighted by Gasteiger charge is -2.17. The molecule has 102 valence electrons. The van der Waals surface area contributed by atoms with Crippen molar-refractivity contribution in [3.8, 4) is 0 Å². The zero-order valence-corrected chi connectivity index (χ0v) is 13.2. The first kappa shape index (κ1) is 14.3. The van der Waals surface area contributed by atoms with Crippen molar-refractivity contribution in [1.82, 2.24) is 15.1 Å². The van der Waals surface area contributed by atoms with Crippen molar-refractivity contribution in [3.63, 3.8) is 0 Å². The van der Waals surface area contributed by atoms with E-state index in [2.05, 4.69) is 64.6 Å². The van der Waals surface area contributed by atoms with Gasteiger partial charge in [0.25, 0.3) is 0 Å². The molecule has 2 rings (SSSR count). The Labute approximate surface area is 123 Å². The summed E-state index contributed by atoms with van der Waals surface area (Å²) in [4.78, 5) is 0. The molecule has 1 heterocycles. The molecule has 1 atom stereocenters. The van der Waals surface area contributed by atoms with Crippen LogP contribution in [0.3, 0.4) is 0 Å². The molecule has 1 aromatic heterocycles. The van der Waals surface area contributed by atoms with E-state index in [0.717, 1.165) is 17.4 Å². The molecule has 0 amide bonds. The first-order chi connectivity index (χ1) is 9.12. The predicted octanol–water partition coefficient (Wildman–Crippen LogP) is 3.48. The van der Waals surface area contributed by atoms with Gasteiger partial charge in [0.15, 0.2) is 0 Å². The average molecular weight is 322 g/mol. The zero-order chi connectivity index (χ0) is 13.8. The van der Waals surface area contributed by atoms with E-state index in [1.807, 2.05) is 17.9 Å². The van der Waals surface area contributed by atoms with Crippen molar-refractivity contribution >= 4 is 15.9 Å². The van der Waals surface area contributed by atoms with E-state index in [1.54, 1.807) is 0 Å². The molecule has 2 aromatic rings. The van der Waals surface area contributed by atoms with Crippen molar-refractivity contribution in [1.29, 1.82) is 0 Å². The molecule has 3 nitrogen and oxygen atoms in total. The van der Waals surface area contributed by atoms with Crippen LogP contribution in [0.15, 0.2) is 35.1 Å². The number of aromatic nitrogens is 2. The number of nitrogens with zero attached hydrogens (tertiary/aromatic N) is 2. The predicted molar refractivity (Wildman–Crippen MR) is 82.3 cm³/mol. The van der Waals surface area contributed by atoms with Crippen LogP contribution in [0.4, 0.5) is 0 Å². The first-order valence-electron chi connectivity index (χ1n) is 6.58. The molecule has 1 unspecified atom stereocenters. The number of hydrogen-bond donors (Lipinski definition) is 1. The van der Waals surface area contributed by atoms with Gasteiger partial charge < -0.3 is 5.32 Å². The van der Waals surface area contributed by atoms with Gasteiger partial charge in [-0.05, 0) is 56.1 Å². The van der Waals surface area contributed by atoms with Gasteiger partial charge in [0.2, 0.25) is 0 Å². The van der Waals surface area contributed by atoms with Gasteiger partial charge in [0.1, 0.15) is 0 Å². The molecular formula is C15H20BrN3. The van der Waals surface area contributed by atoms with Crippen molar-refractivity contribution < 1.29 is 0 Å². The summed E-state index contributed by atoms with van der Waals surface area (Å²) < 4.78 is 3.10. The molecule has 0 saturated carbocycles.